The van der Waals surface area contributed by atoms with E-state index in [1.165, 1.54) is 17.8 Å². The molecule has 0 bridgehead atoms. The van der Waals surface area contributed by atoms with Gasteiger partial charge in [-0.1, -0.05) is 25.0 Å². The number of fused-ring (bicyclic) bond motifs is 1. The van der Waals surface area contributed by atoms with E-state index in [4.69, 9.17) is 5.73 Å². The van der Waals surface area contributed by atoms with E-state index in [0.717, 1.165) is 42.5 Å². The molecular weight excluding hydrogens is 352 g/mol. The number of aryl methyl sites for hydroxylation is 1. The fraction of sp³-hybridized carbons (Fsp3) is 0.526. The second-order valence-corrected chi connectivity index (χ2v) is 8.07. The second kappa shape index (κ2) is 8.03. The number of aliphatic carboxylic acids is 1. The zero-order valence-corrected chi connectivity index (χ0v) is 15.4. The van der Waals surface area contributed by atoms with E-state index < -0.39 is 23.7 Å². The van der Waals surface area contributed by atoms with Gasteiger partial charge >= 0.3 is 5.97 Å². The molecule has 2 aliphatic carbocycles. The Labute approximate surface area is 156 Å². The lowest BCUT2D eigenvalue weighted by Crippen LogP contribution is -2.35. The van der Waals surface area contributed by atoms with Gasteiger partial charge in [-0.3, -0.25) is 14.4 Å². The van der Waals surface area contributed by atoms with Crippen LogP contribution < -0.4 is 11.1 Å². The fourth-order valence-corrected chi connectivity index (χ4v) is 5.15. The van der Waals surface area contributed by atoms with Gasteiger partial charge in [-0.25, -0.2) is 0 Å². The van der Waals surface area contributed by atoms with Crippen molar-refractivity contribution in [2.45, 2.75) is 51.4 Å². The Morgan fingerprint density at radius 2 is 1.69 bits per heavy atom. The predicted octanol–water partition coefficient (Wildman–Crippen LogP) is 3.11. The number of nitrogens with two attached hydrogens (primary N) is 1. The number of hydrogen-bond donors (Lipinski definition) is 3. The number of anilines is 1. The summed E-state index contributed by atoms with van der Waals surface area (Å²) in [5.41, 5.74) is 7.00. The first-order valence-electron chi connectivity index (χ1n) is 9.12. The van der Waals surface area contributed by atoms with Crippen molar-refractivity contribution in [1.29, 1.82) is 0 Å². The van der Waals surface area contributed by atoms with Crippen molar-refractivity contribution in [3.8, 4) is 0 Å². The van der Waals surface area contributed by atoms with Crippen LogP contribution in [0.4, 0.5) is 5.00 Å². The smallest absolute Gasteiger partial charge is 0.307 e. The summed E-state index contributed by atoms with van der Waals surface area (Å²) in [4.78, 5) is 37.4. The number of carboxylic acids is 1. The van der Waals surface area contributed by atoms with Crippen molar-refractivity contribution in [2.75, 3.05) is 5.32 Å². The maximum atomic E-state index is 12.8. The average Bonchev–Trinajstić information content (AvgIpc) is 2.91. The van der Waals surface area contributed by atoms with E-state index in [0.29, 0.717) is 23.4 Å². The van der Waals surface area contributed by atoms with Crippen molar-refractivity contribution in [3.05, 3.63) is 28.2 Å². The maximum absolute atomic E-state index is 12.8. The summed E-state index contributed by atoms with van der Waals surface area (Å²) in [6, 6.07) is 0. The van der Waals surface area contributed by atoms with Gasteiger partial charge in [0.15, 0.2) is 0 Å². The van der Waals surface area contributed by atoms with Crippen LogP contribution in [0.3, 0.4) is 0 Å². The van der Waals surface area contributed by atoms with Gasteiger partial charge in [0, 0.05) is 4.88 Å². The highest BCUT2D eigenvalue weighted by molar-refractivity contribution is 7.17. The van der Waals surface area contributed by atoms with E-state index in [9.17, 15) is 19.5 Å². The van der Waals surface area contributed by atoms with Crippen LogP contribution in [0.2, 0.25) is 0 Å². The van der Waals surface area contributed by atoms with Crippen molar-refractivity contribution in [3.63, 3.8) is 0 Å². The molecule has 2 amide bonds. The van der Waals surface area contributed by atoms with Crippen LogP contribution in [0, 0.1) is 11.8 Å². The average molecular weight is 376 g/mol. The maximum Gasteiger partial charge on any atom is 0.307 e. The number of nitrogens with one attached hydrogen (secondary N) is 1. The van der Waals surface area contributed by atoms with Gasteiger partial charge in [0.25, 0.3) is 5.91 Å². The third-order valence-corrected chi connectivity index (χ3v) is 6.45. The van der Waals surface area contributed by atoms with E-state index >= 15 is 0 Å². The van der Waals surface area contributed by atoms with E-state index in [-0.39, 0.29) is 5.91 Å². The predicted molar refractivity (Wildman–Crippen MR) is 100 cm³/mol. The highest BCUT2D eigenvalue weighted by Gasteiger charge is 2.35. The van der Waals surface area contributed by atoms with E-state index in [1.54, 1.807) is 6.08 Å². The molecule has 1 aromatic heterocycles. The van der Waals surface area contributed by atoms with Crippen LogP contribution in [0.25, 0.3) is 0 Å². The SMILES string of the molecule is NC(=O)c1c(NC(=O)[C@@H]2CC=CC[C@@H]2C(=O)O)sc2c1CCCCCC2. The van der Waals surface area contributed by atoms with E-state index in [2.05, 4.69) is 5.32 Å². The van der Waals surface area contributed by atoms with Gasteiger partial charge in [0.2, 0.25) is 5.91 Å². The Morgan fingerprint density at radius 3 is 2.35 bits per heavy atom. The molecule has 6 nitrogen and oxygen atoms in total. The lowest BCUT2D eigenvalue weighted by molar-refractivity contribution is -0.146. The van der Waals surface area contributed by atoms with Crippen LogP contribution >= 0.6 is 11.3 Å². The highest BCUT2D eigenvalue weighted by Crippen LogP contribution is 2.38. The van der Waals surface area contributed by atoms with Gasteiger partial charge < -0.3 is 16.2 Å². The molecule has 0 radical (unpaired) electrons. The molecule has 0 aromatic carbocycles. The molecular formula is C19H24N2O4S. The Morgan fingerprint density at radius 1 is 1.04 bits per heavy atom. The van der Waals surface area contributed by atoms with Crippen LogP contribution in [-0.4, -0.2) is 22.9 Å². The first-order chi connectivity index (χ1) is 12.5. The van der Waals surface area contributed by atoms with Crippen molar-refractivity contribution in [1.82, 2.24) is 0 Å². The molecule has 2 atom stereocenters. The molecule has 26 heavy (non-hydrogen) atoms. The molecule has 0 spiro atoms. The summed E-state index contributed by atoms with van der Waals surface area (Å²) in [7, 11) is 0. The number of allylic oxidation sites excluding steroid dienone is 2. The molecule has 0 fully saturated rings. The molecule has 7 heteroatoms. The first-order valence-corrected chi connectivity index (χ1v) is 9.93. The molecule has 3 rings (SSSR count). The largest absolute Gasteiger partial charge is 0.481 e. The molecule has 0 unspecified atom stereocenters. The number of thiophene rings is 1. The quantitative estimate of drug-likeness (QED) is 0.701. The van der Waals surface area contributed by atoms with Crippen molar-refractivity contribution < 1.29 is 19.5 Å². The van der Waals surface area contributed by atoms with Gasteiger partial charge in [0.05, 0.1) is 17.4 Å². The minimum absolute atomic E-state index is 0.344. The Hall–Kier alpha value is -2.15. The lowest BCUT2D eigenvalue weighted by atomic mass is 9.82. The monoisotopic (exact) mass is 376 g/mol. The summed E-state index contributed by atoms with van der Waals surface area (Å²) in [6.45, 7) is 0. The Kier molecular flexibility index (Phi) is 5.76. The van der Waals surface area contributed by atoms with Crippen LogP contribution in [-0.2, 0) is 22.4 Å². The summed E-state index contributed by atoms with van der Waals surface area (Å²) < 4.78 is 0. The van der Waals surface area contributed by atoms with Crippen LogP contribution in [0.1, 0.15) is 59.3 Å². The van der Waals surface area contributed by atoms with Gasteiger partial charge in [0.1, 0.15) is 5.00 Å². The third-order valence-electron chi connectivity index (χ3n) is 5.24. The lowest BCUT2D eigenvalue weighted by Gasteiger charge is -2.24. The number of carboxylic acid groups (broad SMARTS) is 1. The topological polar surface area (TPSA) is 109 Å². The van der Waals surface area contributed by atoms with Crippen LogP contribution in [0.5, 0.6) is 0 Å². The highest BCUT2D eigenvalue weighted by atomic mass is 32.1. The number of rotatable bonds is 4. The summed E-state index contributed by atoms with van der Waals surface area (Å²) in [5, 5.41) is 12.7. The molecule has 1 heterocycles. The number of hydrogen-bond acceptors (Lipinski definition) is 4. The van der Waals surface area contributed by atoms with Crippen molar-refractivity contribution in [2.24, 2.45) is 17.6 Å². The van der Waals surface area contributed by atoms with Crippen LogP contribution in [0.15, 0.2) is 12.2 Å². The third kappa shape index (κ3) is 3.82. The zero-order chi connectivity index (χ0) is 18.7. The Balaban J connectivity index is 1.88. The minimum atomic E-state index is -0.969. The summed E-state index contributed by atoms with van der Waals surface area (Å²) in [6.07, 6.45) is 10.4. The number of carbonyl (C=O) groups excluding carboxylic acids is 2. The summed E-state index contributed by atoms with van der Waals surface area (Å²) in [5.74, 6) is -3.22. The normalized spacial score (nSPS) is 22.8. The van der Waals surface area contributed by atoms with Gasteiger partial charge in [-0.2, -0.15) is 0 Å². The number of primary amides is 1. The summed E-state index contributed by atoms with van der Waals surface area (Å²) >= 11 is 1.42. The number of carbonyl (C=O) groups is 3. The molecule has 0 saturated carbocycles. The van der Waals surface area contributed by atoms with Gasteiger partial charge in [-0.15, -0.1) is 11.3 Å². The van der Waals surface area contributed by atoms with Gasteiger partial charge in [-0.05, 0) is 44.1 Å². The fourth-order valence-electron chi connectivity index (χ4n) is 3.85. The molecule has 1 aromatic rings. The molecule has 140 valence electrons. The standard InChI is InChI=1S/C19H24N2O4S/c20-16(22)15-13-9-3-1-2-4-10-14(13)26-18(15)21-17(23)11-7-5-6-8-12(11)19(24)25/h5-6,11-12H,1-4,7-10H2,(H2,20,22)(H,21,23)(H,24,25)/t11-,12+/m1/s1. The molecule has 2 aliphatic rings. The molecule has 0 aliphatic heterocycles. The van der Waals surface area contributed by atoms with Crippen molar-refractivity contribution >= 4 is 34.1 Å². The first kappa shape index (κ1) is 18.6. The number of amides is 2. The second-order valence-electron chi connectivity index (χ2n) is 6.97. The van der Waals surface area contributed by atoms with E-state index in [1.807, 2.05) is 6.08 Å². The molecule has 0 saturated heterocycles. The minimum Gasteiger partial charge on any atom is -0.481 e. The Bertz CT molecular complexity index is 753. The molecule has 4 N–H and O–H groups in total. The zero-order valence-electron chi connectivity index (χ0n) is 14.6.